The number of hydrogen-bond donors (Lipinski definition) is 0. The molecular weight excluding hydrogens is 370 g/mol. The van der Waals surface area contributed by atoms with Crippen molar-refractivity contribution in [2.24, 2.45) is 0 Å². The van der Waals surface area contributed by atoms with Crippen molar-refractivity contribution < 1.29 is 18.3 Å². The predicted octanol–water partition coefficient (Wildman–Crippen LogP) is 6.82. The van der Waals surface area contributed by atoms with Gasteiger partial charge in [-0.2, -0.15) is 0 Å². The maximum Gasteiger partial charge on any atom is 0.337 e. The molecule has 29 heavy (non-hydrogen) atoms. The van der Waals surface area contributed by atoms with Crippen molar-refractivity contribution >= 4 is 11.5 Å². The van der Waals surface area contributed by atoms with Gasteiger partial charge >= 0.3 is 5.97 Å². The molecule has 0 saturated heterocycles. The monoisotopic (exact) mass is 398 g/mol. The summed E-state index contributed by atoms with van der Waals surface area (Å²) in [6, 6.07) is 10.3. The molecule has 2 nitrogen and oxygen atoms in total. The fraction of sp³-hybridized carbons (Fsp3) is 0.400. The van der Waals surface area contributed by atoms with Gasteiger partial charge in [-0.1, -0.05) is 46.4 Å². The van der Waals surface area contributed by atoms with E-state index in [9.17, 15) is 13.6 Å². The van der Waals surface area contributed by atoms with Gasteiger partial charge < -0.3 is 4.74 Å². The molecule has 0 aliphatic heterocycles. The largest absolute Gasteiger partial charge is 0.465 e. The lowest BCUT2D eigenvalue weighted by molar-refractivity contribution is 0.0600. The van der Waals surface area contributed by atoms with Gasteiger partial charge in [-0.15, -0.1) is 0 Å². The van der Waals surface area contributed by atoms with Gasteiger partial charge in [0.25, 0.3) is 6.43 Å². The Morgan fingerprint density at radius 1 is 0.966 bits per heavy atom. The topological polar surface area (TPSA) is 26.3 Å². The van der Waals surface area contributed by atoms with E-state index in [0.717, 1.165) is 24.0 Å². The number of halogens is 2. The molecule has 3 rings (SSSR count). The minimum absolute atomic E-state index is 0.0107. The first-order valence-electron chi connectivity index (χ1n) is 9.83. The van der Waals surface area contributed by atoms with Gasteiger partial charge in [0, 0.05) is 5.56 Å². The third-order valence-corrected chi connectivity index (χ3v) is 6.24. The smallest absolute Gasteiger partial charge is 0.337 e. The van der Waals surface area contributed by atoms with E-state index in [2.05, 4.69) is 34.3 Å². The molecule has 0 aromatic heterocycles. The van der Waals surface area contributed by atoms with Crippen molar-refractivity contribution in [3.8, 4) is 0 Å². The van der Waals surface area contributed by atoms with Crippen LogP contribution in [0.15, 0.2) is 43.0 Å². The molecule has 0 amide bonds. The van der Waals surface area contributed by atoms with Crippen molar-refractivity contribution in [1.29, 1.82) is 0 Å². The maximum absolute atomic E-state index is 14.0. The number of carbonyl (C=O) groups is 1. The molecule has 1 aliphatic carbocycles. The Morgan fingerprint density at radius 2 is 1.45 bits per heavy atom. The molecule has 0 spiro atoms. The lowest BCUT2D eigenvalue weighted by Crippen LogP contribution is -2.34. The Labute approximate surface area is 171 Å². The van der Waals surface area contributed by atoms with Crippen LogP contribution in [0, 0.1) is 0 Å². The van der Waals surface area contributed by atoms with Gasteiger partial charge in [0.05, 0.1) is 12.7 Å². The van der Waals surface area contributed by atoms with Crippen LogP contribution in [0.1, 0.15) is 85.1 Å². The first-order valence-corrected chi connectivity index (χ1v) is 9.83. The van der Waals surface area contributed by atoms with Crippen molar-refractivity contribution in [2.45, 2.75) is 57.8 Å². The number of rotatable bonds is 4. The maximum atomic E-state index is 14.0. The van der Waals surface area contributed by atoms with Crippen molar-refractivity contribution in [3.63, 3.8) is 0 Å². The van der Waals surface area contributed by atoms with E-state index in [1.165, 1.54) is 7.11 Å². The van der Waals surface area contributed by atoms with Gasteiger partial charge in [-0.3, -0.25) is 0 Å². The predicted molar refractivity (Wildman–Crippen MR) is 113 cm³/mol. The molecule has 0 heterocycles. The quantitative estimate of drug-likeness (QED) is 0.528. The zero-order chi connectivity index (χ0) is 21.6. The van der Waals surface area contributed by atoms with E-state index in [-0.39, 0.29) is 16.4 Å². The van der Waals surface area contributed by atoms with E-state index in [1.807, 2.05) is 6.07 Å². The molecule has 154 valence electrons. The van der Waals surface area contributed by atoms with E-state index >= 15 is 0 Å². The molecule has 4 heteroatoms. The highest BCUT2D eigenvalue weighted by Gasteiger charge is 2.38. The molecule has 2 aromatic rings. The highest BCUT2D eigenvalue weighted by molar-refractivity contribution is 5.90. The third kappa shape index (κ3) is 3.85. The van der Waals surface area contributed by atoms with Crippen molar-refractivity contribution in [3.05, 3.63) is 76.4 Å². The second-order valence-corrected chi connectivity index (χ2v) is 9.10. The van der Waals surface area contributed by atoms with Crippen LogP contribution in [-0.2, 0) is 15.6 Å². The highest BCUT2D eigenvalue weighted by Crippen LogP contribution is 2.48. The molecule has 0 fully saturated rings. The van der Waals surface area contributed by atoms with Gasteiger partial charge in [0.15, 0.2) is 0 Å². The first kappa shape index (κ1) is 21.2. The summed E-state index contributed by atoms with van der Waals surface area (Å²) in [4.78, 5) is 11.7. The van der Waals surface area contributed by atoms with E-state index in [0.29, 0.717) is 22.3 Å². The molecular formula is C25H28F2O2. The Morgan fingerprint density at radius 3 is 1.93 bits per heavy atom. The number of fused-ring (bicyclic) bond motifs is 1. The standard InChI is InChI=1S/C25H28F2O2/c1-15(16-7-9-17(10-8-16)23(28)29-6)18-13-20-21(14-19(18)22(26)27)25(4,5)12-11-24(20,2)3/h7-10,13-14,22H,1,11-12H2,2-6H3. The summed E-state index contributed by atoms with van der Waals surface area (Å²) in [6.45, 7) is 12.7. The fourth-order valence-electron chi connectivity index (χ4n) is 4.15. The van der Waals surface area contributed by atoms with Gasteiger partial charge in [0.1, 0.15) is 0 Å². The van der Waals surface area contributed by atoms with Crippen molar-refractivity contribution in [1.82, 2.24) is 0 Å². The summed E-state index contributed by atoms with van der Waals surface area (Å²) in [5.74, 6) is -0.437. The molecule has 0 bridgehead atoms. The zero-order valence-electron chi connectivity index (χ0n) is 17.7. The minimum Gasteiger partial charge on any atom is -0.465 e. The normalized spacial score (nSPS) is 17.0. The SMILES string of the molecule is C=C(c1ccc(C(=O)OC)cc1)c1cc2c(cc1C(F)F)C(C)(C)CCC2(C)C. The van der Waals surface area contributed by atoms with E-state index < -0.39 is 12.4 Å². The highest BCUT2D eigenvalue weighted by atomic mass is 19.3. The Hall–Kier alpha value is -2.49. The summed E-state index contributed by atoms with van der Waals surface area (Å²) in [6.07, 6.45) is -0.631. The van der Waals surface area contributed by atoms with Crippen LogP contribution in [0.3, 0.4) is 0 Å². The summed E-state index contributed by atoms with van der Waals surface area (Å²) < 4.78 is 32.8. The van der Waals surface area contributed by atoms with Crippen LogP contribution in [-0.4, -0.2) is 13.1 Å². The number of hydrogen-bond acceptors (Lipinski definition) is 2. The minimum atomic E-state index is -2.60. The van der Waals surface area contributed by atoms with Gasteiger partial charge in [-0.05, 0) is 75.8 Å². The molecule has 0 radical (unpaired) electrons. The average molecular weight is 398 g/mol. The fourth-order valence-corrected chi connectivity index (χ4v) is 4.15. The lowest BCUT2D eigenvalue weighted by atomic mass is 9.62. The molecule has 0 atom stereocenters. The van der Waals surface area contributed by atoms with Crippen LogP contribution >= 0.6 is 0 Å². The zero-order valence-corrected chi connectivity index (χ0v) is 17.7. The summed E-state index contributed by atoms with van der Waals surface area (Å²) in [7, 11) is 1.32. The van der Waals surface area contributed by atoms with Crippen LogP contribution in [0.4, 0.5) is 8.78 Å². The molecule has 1 aliphatic rings. The molecule has 0 unspecified atom stereocenters. The molecule has 2 aromatic carbocycles. The molecule has 0 N–H and O–H groups in total. The van der Waals surface area contributed by atoms with Crippen LogP contribution in [0.25, 0.3) is 5.57 Å². The van der Waals surface area contributed by atoms with E-state index in [1.54, 1.807) is 30.3 Å². The summed E-state index contributed by atoms with van der Waals surface area (Å²) in [5.41, 5.74) is 4.00. The number of methoxy groups -OCH3 is 1. The number of benzene rings is 2. The second kappa shape index (κ2) is 7.40. The van der Waals surface area contributed by atoms with Crippen molar-refractivity contribution in [2.75, 3.05) is 7.11 Å². The number of alkyl halides is 2. The number of carbonyl (C=O) groups excluding carboxylic acids is 1. The summed E-state index contributed by atoms with van der Waals surface area (Å²) >= 11 is 0. The Balaban J connectivity index is 2.13. The van der Waals surface area contributed by atoms with Crippen LogP contribution in [0.5, 0.6) is 0 Å². The van der Waals surface area contributed by atoms with Gasteiger partial charge in [0.2, 0.25) is 0 Å². The first-order chi connectivity index (χ1) is 13.5. The third-order valence-electron chi connectivity index (χ3n) is 6.24. The number of ether oxygens (including phenoxy) is 1. The lowest BCUT2D eigenvalue weighted by Gasteiger charge is -2.42. The van der Waals surface area contributed by atoms with Crippen LogP contribution in [0.2, 0.25) is 0 Å². The Bertz CT molecular complexity index is 954. The Kier molecular flexibility index (Phi) is 5.42. The molecule has 0 saturated carbocycles. The number of esters is 1. The van der Waals surface area contributed by atoms with E-state index in [4.69, 9.17) is 4.74 Å². The summed E-state index contributed by atoms with van der Waals surface area (Å²) in [5, 5.41) is 0. The average Bonchev–Trinajstić information content (AvgIpc) is 2.69. The van der Waals surface area contributed by atoms with Crippen LogP contribution < -0.4 is 0 Å². The van der Waals surface area contributed by atoms with Gasteiger partial charge in [-0.25, -0.2) is 13.6 Å². The second-order valence-electron chi connectivity index (χ2n) is 9.10.